The lowest BCUT2D eigenvalue weighted by Crippen LogP contribution is -2.47. The lowest BCUT2D eigenvalue weighted by molar-refractivity contribution is -0.140. The maximum absolute atomic E-state index is 13.1. The van der Waals surface area contributed by atoms with Gasteiger partial charge in [-0.3, -0.25) is 9.59 Å². The second-order valence-corrected chi connectivity index (χ2v) is 7.70. The smallest absolute Gasteiger partial charge is 0.242 e. The summed E-state index contributed by atoms with van der Waals surface area (Å²) in [5, 5.41) is 2.10. The van der Waals surface area contributed by atoms with Crippen LogP contribution < -0.4 is 0 Å². The highest BCUT2D eigenvalue weighted by molar-refractivity contribution is 7.10. The average Bonchev–Trinajstić information content (AvgIpc) is 3.14. The average molecular weight is 391 g/mol. The summed E-state index contributed by atoms with van der Waals surface area (Å²) in [6.07, 6.45) is 0.858. The Bertz CT molecular complexity index is 805. The molecule has 1 aromatic heterocycles. The van der Waals surface area contributed by atoms with E-state index >= 15 is 0 Å². The number of amides is 2. The summed E-state index contributed by atoms with van der Waals surface area (Å²) < 4.78 is 0. The van der Waals surface area contributed by atoms with Gasteiger partial charge in [-0.05, 0) is 48.4 Å². The van der Waals surface area contributed by atoms with Crippen molar-refractivity contribution in [1.82, 2.24) is 9.80 Å². The number of fused-ring (bicyclic) bond motifs is 1. The van der Waals surface area contributed by atoms with Crippen LogP contribution in [0.1, 0.15) is 34.5 Å². The molecular weight excluding hydrogens is 368 g/mol. The fraction of sp³-hybridized carbons (Fsp3) is 0.400. The van der Waals surface area contributed by atoms with Crippen molar-refractivity contribution in [2.45, 2.75) is 26.3 Å². The molecule has 0 bridgehead atoms. The monoisotopic (exact) mass is 390 g/mol. The van der Waals surface area contributed by atoms with Gasteiger partial charge in [-0.25, -0.2) is 0 Å². The van der Waals surface area contributed by atoms with Crippen molar-refractivity contribution >= 4 is 34.8 Å². The number of aryl methyl sites for hydroxylation is 1. The molecule has 4 nitrogen and oxygen atoms in total. The molecule has 3 rings (SSSR count). The number of nitrogens with zero attached hydrogens (tertiary/aromatic N) is 2. The minimum absolute atomic E-state index is 0.0320. The summed E-state index contributed by atoms with van der Waals surface area (Å²) in [7, 11) is 0. The molecule has 0 saturated heterocycles. The number of thiophene rings is 1. The zero-order chi connectivity index (χ0) is 18.7. The molecule has 138 valence electrons. The molecule has 1 aliphatic rings. The van der Waals surface area contributed by atoms with E-state index in [4.69, 9.17) is 11.6 Å². The molecule has 1 aromatic carbocycles. The van der Waals surface area contributed by atoms with Crippen molar-refractivity contribution in [3.63, 3.8) is 0 Å². The van der Waals surface area contributed by atoms with E-state index in [9.17, 15) is 9.59 Å². The standard InChI is InChI=1S/C20H23ClN2O2S/c1-3-22(18(24)12-21)13-19(25)23-10-8-17-16(9-11-26-17)20(23)15-7-5-4-6-14(15)2/h4-7,9,11,20H,3,8,10,12-13H2,1-2H3/t20-/m1/s1. The van der Waals surface area contributed by atoms with Crippen molar-refractivity contribution in [1.29, 1.82) is 0 Å². The fourth-order valence-electron chi connectivity index (χ4n) is 3.53. The Hall–Kier alpha value is -1.85. The van der Waals surface area contributed by atoms with Crippen LogP contribution in [0.2, 0.25) is 0 Å². The molecule has 0 unspecified atom stereocenters. The minimum atomic E-state index is -0.205. The largest absolute Gasteiger partial charge is 0.333 e. The van der Waals surface area contributed by atoms with Crippen LogP contribution in [-0.2, 0) is 16.0 Å². The molecule has 0 radical (unpaired) electrons. The third-order valence-corrected chi connectivity index (χ3v) is 6.17. The van der Waals surface area contributed by atoms with E-state index in [2.05, 4.69) is 30.5 Å². The molecule has 0 N–H and O–H groups in total. The number of alkyl halides is 1. The number of carbonyl (C=O) groups excluding carboxylic acids is 2. The number of rotatable bonds is 5. The van der Waals surface area contributed by atoms with Gasteiger partial charge < -0.3 is 9.80 Å². The lowest BCUT2D eigenvalue weighted by atomic mass is 9.90. The molecule has 2 amide bonds. The maximum Gasteiger partial charge on any atom is 0.242 e. The molecule has 1 aliphatic heterocycles. The van der Waals surface area contributed by atoms with E-state index in [1.807, 2.05) is 24.0 Å². The van der Waals surface area contributed by atoms with E-state index in [0.29, 0.717) is 13.1 Å². The van der Waals surface area contributed by atoms with Gasteiger partial charge in [-0.1, -0.05) is 24.3 Å². The molecule has 0 aliphatic carbocycles. The normalized spacial score (nSPS) is 16.3. The van der Waals surface area contributed by atoms with Crippen molar-refractivity contribution in [2.24, 2.45) is 0 Å². The van der Waals surface area contributed by atoms with Crippen molar-refractivity contribution in [3.8, 4) is 0 Å². The maximum atomic E-state index is 13.1. The SMILES string of the molecule is CCN(CC(=O)N1CCc2sccc2[C@H]1c1ccccc1C)C(=O)CCl. The van der Waals surface area contributed by atoms with E-state index in [-0.39, 0.29) is 30.3 Å². The molecule has 1 atom stereocenters. The zero-order valence-corrected chi connectivity index (χ0v) is 16.6. The van der Waals surface area contributed by atoms with E-state index in [1.54, 1.807) is 11.3 Å². The molecule has 0 saturated carbocycles. The van der Waals surface area contributed by atoms with Crippen molar-refractivity contribution in [2.75, 3.05) is 25.5 Å². The topological polar surface area (TPSA) is 40.6 Å². The molecule has 6 heteroatoms. The second kappa shape index (κ2) is 8.23. The van der Waals surface area contributed by atoms with Gasteiger partial charge in [0.1, 0.15) is 5.88 Å². The third-order valence-electron chi connectivity index (χ3n) is 4.94. The Morgan fingerprint density at radius 3 is 2.73 bits per heavy atom. The van der Waals surface area contributed by atoms with Gasteiger partial charge in [0.2, 0.25) is 11.8 Å². The van der Waals surface area contributed by atoms with Crippen LogP contribution in [0.5, 0.6) is 0 Å². The minimum Gasteiger partial charge on any atom is -0.333 e. The molecular formula is C20H23ClN2O2S. The molecule has 0 fully saturated rings. The highest BCUT2D eigenvalue weighted by Gasteiger charge is 2.34. The van der Waals surface area contributed by atoms with Crippen LogP contribution in [0.15, 0.2) is 35.7 Å². The fourth-order valence-corrected chi connectivity index (χ4v) is 4.60. The second-order valence-electron chi connectivity index (χ2n) is 6.44. The van der Waals surface area contributed by atoms with E-state index in [1.165, 1.54) is 20.9 Å². The number of hydrogen-bond acceptors (Lipinski definition) is 3. The predicted octanol–water partition coefficient (Wildman–Crippen LogP) is 3.62. The van der Waals surface area contributed by atoms with E-state index in [0.717, 1.165) is 12.0 Å². The molecule has 2 aromatic rings. The summed E-state index contributed by atoms with van der Waals surface area (Å²) in [6, 6.07) is 10.2. The lowest BCUT2D eigenvalue weighted by Gasteiger charge is -2.38. The third kappa shape index (κ3) is 3.64. The van der Waals surface area contributed by atoms with E-state index < -0.39 is 0 Å². The van der Waals surface area contributed by atoms with Crippen LogP contribution in [0.25, 0.3) is 0 Å². The Kier molecular flexibility index (Phi) is 5.99. The summed E-state index contributed by atoms with van der Waals surface area (Å²) in [5.41, 5.74) is 3.51. The highest BCUT2D eigenvalue weighted by Crippen LogP contribution is 2.38. The Morgan fingerprint density at radius 1 is 1.27 bits per heavy atom. The number of halogens is 1. The Labute approximate surface area is 163 Å². The molecule has 26 heavy (non-hydrogen) atoms. The number of benzene rings is 1. The summed E-state index contributed by atoms with van der Waals surface area (Å²) in [6.45, 7) is 5.16. The first-order chi connectivity index (χ1) is 12.6. The Morgan fingerprint density at radius 2 is 2.04 bits per heavy atom. The number of hydrogen-bond donors (Lipinski definition) is 0. The predicted molar refractivity (Wildman–Crippen MR) is 106 cm³/mol. The van der Waals surface area contributed by atoms with Gasteiger partial charge >= 0.3 is 0 Å². The zero-order valence-electron chi connectivity index (χ0n) is 15.1. The van der Waals surface area contributed by atoms with Crippen LogP contribution in [-0.4, -0.2) is 47.1 Å². The van der Waals surface area contributed by atoms with Crippen molar-refractivity contribution in [3.05, 3.63) is 57.3 Å². The quantitative estimate of drug-likeness (QED) is 0.731. The number of likely N-dealkylation sites (N-methyl/N-ethyl adjacent to an activating group) is 1. The van der Waals surface area contributed by atoms with Gasteiger partial charge in [0.05, 0.1) is 12.6 Å². The highest BCUT2D eigenvalue weighted by atomic mass is 35.5. The van der Waals surface area contributed by atoms with Gasteiger partial charge in [-0.2, -0.15) is 0 Å². The molecule has 0 spiro atoms. The number of carbonyl (C=O) groups is 2. The summed E-state index contributed by atoms with van der Waals surface area (Å²) >= 11 is 7.43. The first-order valence-corrected chi connectivity index (χ1v) is 10.2. The van der Waals surface area contributed by atoms with Gasteiger partial charge in [-0.15, -0.1) is 22.9 Å². The summed E-state index contributed by atoms with van der Waals surface area (Å²) in [4.78, 5) is 29.8. The van der Waals surface area contributed by atoms with Crippen molar-refractivity contribution < 1.29 is 9.59 Å². The van der Waals surface area contributed by atoms with Gasteiger partial charge in [0.15, 0.2) is 0 Å². The van der Waals surface area contributed by atoms with Crippen LogP contribution in [0.3, 0.4) is 0 Å². The van der Waals surface area contributed by atoms with Gasteiger partial charge in [0.25, 0.3) is 0 Å². The van der Waals surface area contributed by atoms with Gasteiger partial charge in [0, 0.05) is 18.0 Å². The van der Waals surface area contributed by atoms with Crippen LogP contribution >= 0.6 is 22.9 Å². The first-order valence-electron chi connectivity index (χ1n) is 8.81. The first kappa shape index (κ1) is 18.9. The van der Waals surface area contributed by atoms with Crippen LogP contribution in [0, 0.1) is 6.92 Å². The van der Waals surface area contributed by atoms with Crippen LogP contribution in [0.4, 0.5) is 0 Å². The molecule has 2 heterocycles. The summed E-state index contributed by atoms with van der Waals surface area (Å²) in [5.74, 6) is -0.338. The Balaban J connectivity index is 1.94.